The van der Waals surface area contributed by atoms with E-state index in [0.717, 1.165) is 38.3 Å². The summed E-state index contributed by atoms with van der Waals surface area (Å²) in [5, 5.41) is 0. The average molecular weight is 298 g/mol. The fourth-order valence-electron chi connectivity index (χ4n) is 3.14. The number of nitrogens with two attached hydrogens (primary N) is 1. The molecule has 1 aliphatic carbocycles. The second kappa shape index (κ2) is 9.42. The van der Waals surface area contributed by atoms with Crippen LogP contribution in [0.5, 0.6) is 0 Å². The van der Waals surface area contributed by atoms with Crippen LogP contribution in [0.15, 0.2) is 0 Å². The molecule has 1 saturated carbocycles. The van der Waals surface area contributed by atoms with Gasteiger partial charge in [-0.2, -0.15) is 0 Å². The monoisotopic (exact) mass is 298 g/mol. The Morgan fingerprint density at radius 1 is 1.19 bits per heavy atom. The number of carbonyl (C=O) groups excluding carboxylic acids is 1. The van der Waals surface area contributed by atoms with Gasteiger partial charge in [-0.05, 0) is 32.1 Å². The highest BCUT2D eigenvalue weighted by atomic mass is 16.5. The molecule has 4 heteroatoms. The quantitative estimate of drug-likeness (QED) is 0.852. The van der Waals surface area contributed by atoms with Crippen molar-refractivity contribution in [1.82, 2.24) is 4.90 Å². The molecule has 0 aromatic rings. The second-order valence-electron chi connectivity index (χ2n) is 6.84. The highest BCUT2D eigenvalue weighted by molar-refractivity contribution is 5.78. The zero-order chi connectivity index (χ0) is 15.7. The number of hydrogen-bond donors (Lipinski definition) is 1. The summed E-state index contributed by atoms with van der Waals surface area (Å²) < 4.78 is 5.45. The third-order valence-electron chi connectivity index (χ3n) is 4.96. The van der Waals surface area contributed by atoms with Crippen LogP contribution >= 0.6 is 0 Å². The topological polar surface area (TPSA) is 55.6 Å². The molecule has 2 rings (SSSR count). The van der Waals surface area contributed by atoms with Crippen molar-refractivity contribution in [2.75, 3.05) is 26.7 Å². The van der Waals surface area contributed by atoms with E-state index >= 15 is 0 Å². The van der Waals surface area contributed by atoms with E-state index in [1.165, 1.54) is 32.1 Å². The SMILES string of the molecule is CC1CCCCC1.COC1(C)CCCN(C(=O)CN)CC1. The van der Waals surface area contributed by atoms with Crippen molar-refractivity contribution in [2.24, 2.45) is 11.7 Å². The summed E-state index contributed by atoms with van der Waals surface area (Å²) in [5.74, 6) is 1.08. The van der Waals surface area contributed by atoms with Gasteiger partial charge in [0.25, 0.3) is 0 Å². The molecule has 2 N–H and O–H groups in total. The molecule has 0 aromatic heterocycles. The highest BCUT2D eigenvalue weighted by Crippen LogP contribution is 2.25. The van der Waals surface area contributed by atoms with E-state index in [2.05, 4.69) is 13.8 Å². The van der Waals surface area contributed by atoms with Gasteiger partial charge >= 0.3 is 0 Å². The van der Waals surface area contributed by atoms with E-state index in [1.54, 1.807) is 7.11 Å². The molecule has 1 heterocycles. The van der Waals surface area contributed by atoms with Crippen molar-refractivity contribution < 1.29 is 9.53 Å². The molecular weight excluding hydrogens is 264 g/mol. The molecule has 0 bridgehead atoms. The van der Waals surface area contributed by atoms with Gasteiger partial charge in [-0.25, -0.2) is 0 Å². The molecule has 0 spiro atoms. The molecule has 2 fully saturated rings. The van der Waals surface area contributed by atoms with Crippen LogP contribution < -0.4 is 5.73 Å². The maximum absolute atomic E-state index is 11.4. The van der Waals surface area contributed by atoms with E-state index in [9.17, 15) is 4.79 Å². The maximum atomic E-state index is 11.4. The van der Waals surface area contributed by atoms with Crippen molar-refractivity contribution in [3.8, 4) is 0 Å². The smallest absolute Gasteiger partial charge is 0.236 e. The van der Waals surface area contributed by atoms with Crippen LogP contribution in [0.4, 0.5) is 0 Å². The van der Waals surface area contributed by atoms with Crippen LogP contribution in [0, 0.1) is 5.92 Å². The predicted octanol–water partition coefficient (Wildman–Crippen LogP) is 2.95. The van der Waals surface area contributed by atoms with Crippen LogP contribution in [-0.2, 0) is 9.53 Å². The minimum Gasteiger partial charge on any atom is -0.378 e. The summed E-state index contributed by atoms with van der Waals surface area (Å²) in [4.78, 5) is 13.2. The van der Waals surface area contributed by atoms with E-state index < -0.39 is 0 Å². The molecule has 2 aliphatic rings. The second-order valence-corrected chi connectivity index (χ2v) is 6.84. The van der Waals surface area contributed by atoms with Crippen LogP contribution in [0.1, 0.15) is 65.2 Å². The standard InChI is InChI=1S/C10H20N2O2.C7H14/c1-10(14-2)4-3-6-12(7-5-10)9(13)8-11;1-7-5-3-2-4-6-7/h3-8,11H2,1-2H3;7H,2-6H2,1H3. The van der Waals surface area contributed by atoms with Crippen molar-refractivity contribution in [1.29, 1.82) is 0 Å². The highest BCUT2D eigenvalue weighted by Gasteiger charge is 2.28. The number of amides is 1. The first-order chi connectivity index (χ1) is 10.0. The average Bonchev–Trinajstić information content (AvgIpc) is 2.71. The lowest BCUT2D eigenvalue weighted by molar-refractivity contribution is -0.129. The summed E-state index contributed by atoms with van der Waals surface area (Å²) in [7, 11) is 1.74. The normalized spacial score (nSPS) is 27.5. The van der Waals surface area contributed by atoms with E-state index in [-0.39, 0.29) is 18.1 Å². The van der Waals surface area contributed by atoms with Gasteiger partial charge in [-0.1, -0.05) is 39.0 Å². The largest absolute Gasteiger partial charge is 0.378 e. The zero-order valence-corrected chi connectivity index (χ0v) is 14.2. The first-order valence-electron chi connectivity index (χ1n) is 8.54. The Kier molecular flexibility index (Phi) is 8.27. The first-order valence-corrected chi connectivity index (χ1v) is 8.54. The van der Waals surface area contributed by atoms with Gasteiger partial charge in [-0.3, -0.25) is 4.79 Å². The number of methoxy groups -OCH3 is 1. The molecule has 21 heavy (non-hydrogen) atoms. The molecule has 4 nitrogen and oxygen atoms in total. The van der Waals surface area contributed by atoms with E-state index in [1.807, 2.05) is 4.90 Å². The van der Waals surface area contributed by atoms with Crippen LogP contribution in [0.25, 0.3) is 0 Å². The number of carbonyl (C=O) groups is 1. The van der Waals surface area contributed by atoms with Crippen molar-refractivity contribution in [3.63, 3.8) is 0 Å². The number of ether oxygens (including phenoxy) is 1. The Morgan fingerprint density at radius 3 is 2.33 bits per heavy atom. The summed E-state index contributed by atoms with van der Waals surface area (Å²) in [6.07, 6.45) is 10.3. The molecule has 1 saturated heterocycles. The number of rotatable bonds is 2. The zero-order valence-electron chi connectivity index (χ0n) is 14.2. The molecular formula is C17H34N2O2. The van der Waals surface area contributed by atoms with Crippen molar-refractivity contribution in [3.05, 3.63) is 0 Å². The number of nitrogens with zero attached hydrogens (tertiary/aromatic N) is 1. The Morgan fingerprint density at radius 2 is 1.86 bits per heavy atom. The van der Waals surface area contributed by atoms with Crippen LogP contribution in [0.3, 0.4) is 0 Å². The summed E-state index contributed by atoms with van der Waals surface area (Å²) in [5.41, 5.74) is 5.27. The lowest BCUT2D eigenvalue weighted by Gasteiger charge is -2.26. The summed E-state index contributed by atoms with van der Waals surface area (Å²) in [6, 6.07) is 0. The molecule has 1 atom stereocenters. The third-order valence-corrected chi connectivity index (χ3v) is 4.96. The van der Waals surface area contributed by atoms with Gasteiger partial charge in [0.1, 0.15) is 0 Å². The van der Waals surface area contributed by atoms with Gasteiger partial charge in [0.15, 0.2) is 0 Å². The lowest BCUT2D eigenvalue weighted by Crippen LogP contribution is -2.37. The Balaban J connectivity index is 0.000000262. The molecule has 1 aliphatic heterocycles. The minimum absolute atomic E-state index is 0.0466. The van der Waals surface area contributed by atoms with Gasteiger partial charge in [0, 0.05) is 20.2 Å². The van der Waals surface area contributed by atoms with Gasteiger partial charge in [0.05, 0.1) is 12.1 Å². The van der Waals surface area contributed by atoms with Gasteiger partial charge < -0.3 is 15.4 Å². The maximum Gasteiger partial charge on any atom is 0.236 e. The number of likely N-dealkylation sites (tertiary alicyclic amines) is 1. The Hall–Kier alpha value is -0.610. The van der Waals surface area contributed by atoms with Crippen molar-refractivity contribution in [2.45, 2.75) is 70.8 Å². The van der Waals surface area contributed by atoms with Gasteiger partial charge in [-0.15, -0.1) is 0 Å². The summed E-state index contributed by atoms with van der Waals surface area (Å²) >= 11 is 0. The first kappa shape index (κ1) is 18.4. The Labute approximate surface area is 130 Å². The molecule has 124 valence electrons. The van der Waals surface area contributed by atoms with E-state index in [0.29, 0.717) is 0 Å². The predicted molar refractivity (Wildman–Crippen MR) is 87.1 cm³/mol. The molecule has 1 unspecified atom stereocenters. The Bertz CT molecular complexity index is 303. The molecule has 1 amide bonds. The number of hydrogen-bond acceptors (Lipinski definition) is 3. The molecule has 0 aromatic carbocycles. The van der Waals surface area contributed by atoms with E-state index in [4.69, 9.17) is 10.5 Å². The summed E-state index contributed by atoms with van der Waals surface area (Å²) in [6.45, 7) is 6.15. The van der Waals surface area contributed by atoms with Gasteiger partial charge in [0.2, 0.25) is 5.91 Å². The van der Waals surface area contributed by atoms with Crippen LogP contribution in [0.2, 0.25) is 0 Å². The lowest BCUT2D eigenvalue weighted by atomic mass is 9.91. The third kappa shape index (κ3) is 6.79. The minimum atomic E-state index is -0.0658. The fourth-order valence-corrected chi connectivity index (χ4v) is 3.14. The van der Waals surface area contributed by atoms with Crippen molar-refractivity contribution >= 4 is 5.91 Å². The fraction of sp³-hybridized carbons (Fsp3) is 0.941. The van der Waals surface area contributed by atoms with Crippen LogP contribution in [-0.4, -0.2) is 43.2 Å². The molecule has 0 radical (unpaired) electrons.